The molecule has 0 aromatic heterocycles. The summed E-state index contributed by atoms with van der Waals surface area (Å²) in [6.45, 7) is 3.44. The van der Waals surface area contributed by atoms with Crippen molar-refractivity contribution in [3.63, 3.8) is 0 Å². The minimum Gasteiger partial charge on any atom is -0.462 e. The van der Waals surface area contributed by atoms with Crippen LogP contribution in [0, 0.1) is 0 Å². The van der Waals surface area contributed by atoms with Gasteiger partial charge in [-0.1, -0.05) is 181 Å². The van der Waals surface area contributed by atoms with E-state index in [1.807, 2.05) is 0 Å². The zero-order valence-electron chi connectivity index (χ0n) is 34.0. The number of unbranched alkanes of at least 4 members (excludes halogenated alkanes) is 26. The molecule has 0 spiro atoms. The molecule has 1 heterocycles. The van der Waals surface area contributed by atoms with Crippen LogP contribution in [0.2, 0.25) is 0 Å². The van der Waals surface area contributed by atoms with Gasteiger partial charge in [0.15, 0.2) is 12.4 Å². The molecule has 0 saturated carbocycles. The van der Waals surface area contributed by atoms with Crippen molar-refractivity contribution < 1.29 is 49.0 Å². The van der Waals surface area contributed by atoms with E-state index in [-0.39, 0.29) is 32.0 Å². The number of carbonyl (C=O) groups is 2. The minimum atomic E-state index is -1.59. The lowest BCUT2D eigenvalue weighted by molar-refractivity contribution is -0.305. The molecule has 53 heavy (non-hydrogen) atoms. The lowest BCUT2D eigenvalue weighted by Gasteiger charge is -2.39. The molecule has 0 aromatic rings. The first-order valence-electron chi connectivity index (χ1n) is 22.1. The molecule has 6 atom stereocenters. The first-order chi connectivity index (χ1) is 25.8. The molecule has 4 N–H and O–H groups in total. The summed E-state index contributed by atoms with van der Waals surface area (Å²) in [5.41, 5.74) is 0. The second kappa shape index (κ2) is 35.1. The molecule has 1 aliphatic heterocycles. The predicted molar refractivity (Wildman–Crippen MR) is 210 cm³/mol. The number of esters is 2. The molecule has 10 heteroatoms. The second-order valence-electron chi connectivity index (χ2n) is 15.5. The number of hydrogen-bond donors (Lipinski definition) is 4. The first-order valence-corrected chi connectivity index (χ1v) is 22.1. The molecular formula is C43H82O10. The molecule has 0 aliphatic carbocycles. The standard InChI is InChI=1S/C43H82O10/c1-3-5-7-9-11-13-15-17-18-20-22-24-26-28-30-32-39(46)52-36(35-51-43-42(49)41(48)40(47)37(33-44)53-43)34-50-38(45)31-29-27-25-23-21-19-16-14-12-10-8-6-4-2/h36-37,40-44,47-49H,3-35H2,1-2H3/t36-,37?,40?,41?,42?,43?/m1/s1. The van der Waals surface area contributed by atoms with Crippen molar-refractivity contribution in [2.75, 3.05) is 19.8 Å². The highest BCUT2D eigenvalue weighted by molar-refractivity contribution is 5.70. The molecule has 5 unspecified atom stereocenters. The van der Waals surface area contributed by atoms with Gasteiger partial charge in [0.05, 0.1) is 13.2 Å². The van der Waals surface area contributed by atoms with Crippen molar-refractivity contribution in [3.05, 3.63) is 0 Å². The average Bonchev–Trinajstić information content (AvgIpc) is 3.15. The highest BCUT2D eigenvalue weighted by Crippen LogP contribution is 2.23. The molecular weight excluding hydrogens is 676 g/mol. The van der Waals surface area contributed by atoms with E-state index < -0.39 is 49.4 Å². The zero-order valence-corrected chi connectivity index (χ0v) is 34.0. The van der Waals surface area contributed by atoms with Crippen molar-refractivity contribution in [2.24, 2.45) is 0 Å². The molecule has 314 valence electrons. The quantitative estimate of drug-likeness (QED) is 0.0357. The van der Waals surface area contributed by atoms with Gasteiger partial charge in [-0.15, -0.1) is 0 Å². The van der Waals surface area contributed by atoms with E-state index in [0.717, 1.165) is 38.5 Å². The zero-order chi connectivity index (χ0) is 38.8. The number of carbonyl (C=O) groups excluding carboxylic acids is 2. The number of hydrogen-bond acceptors (Lipinski definition) is 10. The summed E-state index contributed by atoms with van der Waals surface area (Å²) in [6, 6.07) is 0. The molecule has 0 aromatic carbocycles. The van der Waals surface area contributed by atoms with E-state index in [4.69, 9.17) is 18.9 Å². The van der Waals surface area contributed by atoms with Gasteiger partial charge >= 0.3 is 11.9 Å². The van der Waals surface area contributed by atoms with Crippen molar-refractivity contribution in [3.8, 4) is 0 Å². The summed E-state index contributed by atoms with van der Waals surface area (Å²) >= 11 is 0. The summed E-state index contributed by atoms with van der Waals surface area (Å²) in [4.78, 5) is 25.3. The maximum absolute atomic E-state index is 12.7. The summed E-state index contributed by atoms with van der Waals surface area (Å²) in [7, 11) is 0. The van der Waals surface area contributed by atoms with E-state index >= 15 is 0 Å². The fourth-order valence-electron chi connectivity index (χ4n) is 6.95. The molecule has 10 nitrogen and oxygen atoms in total. The minimum absolute atomic E-state index is 0.209. The van der Waals surface area contributed by atoms with Crippen molar-refractivity contribution in [1.82, 2.24) is 0 Å². The van der Waals surface area contributed by atoms with E-state index in [0.29, 0.717) is 6.42 Å². The predicted octanol–water partition coefficient (Wildman–Crippen LogP) is 9.00. The molecule has 0 radical (unpaired) electrons. The highest BCUT2D eigenvalue weighted by atomic mass is 16.7. The van der Waals surface area contributed by atoms with Gasteiger partial charge in [0.25, 0.3) is 0 Å². The number of rotatable bonds is 37. The second-order valence-corrected chi connectivity index (χ2v) is 15.5. The van der Waals surface area contributed by atoms with Crippen LogP contribution in [-0.2, 0) is 28.5 Å². The average molecular weight is 759 g/mol. The Morgan fingerprint density at radius 3 is 1.28 bits per heavy atom. The van der Waals surface area contributed by atoms with Gasteiger partial charge < -0.3 is 39.4 Å². The Balaban J connectivity index is 2.32. The van der Waals surface area contributed by atoms with E-state index in [2.05, 4.69) is 13.8 Å². The van der Waals surface area contributed by atoms with Crippen LogP contribution in [0.5, 0.6) is 0 Å². The molecule has 1 saturated heterocycles. The maximum atomic E-state index is 12.7. The number of aliphatic hydroxyl groups is 4. The van der Waals surface area contributed by atoms with Crippen LogP contribution in [0.15, 0.2) is 0 Å². The van der Waals surface area contributed by atoms with Crippen LogP contribution >= 0.6 is 0 Å². The summed E-state index contributed by atoms with van der Waals surface area (Å²) in [6.07, 6.45) is 26.8. The van der Waals surface area contributed by atoms with E-state index in [1.165, 1.54) is 135 Å². The summed E-state index contributed by atoms with van der Waals surface area (Å²) in [5.74, 6) is -0.793. The third kappa shape index (κ3) is 27.0. The lowest BCUT2D eigenvalue weighted by atomic mass is 9.99. The van der Waals surface area contributed by atoms with Crippen LogP contribution in [0.4, 0.5) is 0 Å². The Labute approximate surface area is 323 Å². The monoisotopic (exact) mass is 759 g/mol. The van der Waals surface area contributed by atoms with Gasteiger partial charge in [-0.25, -0.2) is 0 Å². The third-order valence-electron chi connectivity index (χ3n) is 10.5. The van der Waals surface area contributed by atoms with Crippen LogP contribution in [0.3, 0.4) is 0 Å². The fourth-order valence-corrected chi connectivity index (χ4v) is 6.95. The third-order valence-corrected chi connectivity index (χ3v) is 10.5. The first kappa shape index (κ1) is 49.7. The Morgan fingerprint density at radius 1 is 0.509 bits per heavy atom. The Bertz CT molecular complexity index is 840. The van der Waals surface area contributed by atoms with Crippen molar-refractivity contribution in [2.45, 2.75) is 243 Å². The summed E-state index contributed by atoms with van der Waals surface area (Å²) in [5, 5.41) is 40.0. The smallest absolute Gasteiger partial charge is 0.306 e. The van der Waals surface area contributed by atoms with Crippen LogP contribution in [-0.4, -0.2) is 89.0 Å². The lowest BCUT2D eigenvalue weighted by Crippen LogP contribution is -2.59. The molecule has 0 amide bonds. The van der Waals surface area contributed by atoms with Gasteiger partial charge in [-0.2, -0.15) is 0 Å². The Kier molecular flexibility index (Phi) is 33.0. The normalized spacial score (nSPS) is 20.8. The molecule has 1 rings (SSSR count). The van der Waals surface area contributed by atoms with Crippen LogP contribution in [0.25, 0.3) is 0 Å². The molecule has 1 fully saturated rings. The van der Waals surface area contributed by atoms with E-state index in [1.54, 1.807) is 0 Å². The van der Waals surface area contributed by atoms with E-state index in [9.17, 15) is 30.0 Å². The maximum Gasteiger partial charge on any atom is 0.306 e. The largest absolute Gasteiger partial charge is 0.462 e. The Morgan fingerprint density at radius 2 is 0.887 bits per heavy atom. The SMILES string of the molecule is CCCCCCCCCCCCCCCCCC(=O)O[C@H](COC(=O)CCCCCCCCCCCCCCC)COC1OC(CO)C(O)C(O)C1O. The van der Waals surface area contributed by atoms with Crippen molar-refractivity contribution in [1.29, 1.82) is 0 Å². The number of ether oxygens (including phenoxy) is 4. The van der Waals surface area contributed by atoms with Gasteiger partial charge in [0.2, 0.25) is 0 Å². The van der Waals surface area contributed by atoms with Gasteiger partial charge in [-0.3, -0.25) is 9.59 Å². The van der Waals surface area contributed by atoms with Crippen LogP contribution in [0.1, 0.15) is 206 Å². The molecule has 0 bridgehead atoms. The van der Waals surface area contributed by atoms with Gasteiger partial charge in [-0.05, 0) is 12.8 Å². The Hall–Kier alpha value is -1.30. The fraction of sp³-hybridized carbons (Fsp3) is 0.953. The topological polar surface area (TPSA) is 152 Å². The van der Waals surface area contributed by atoms with Gasteiger partial charge in [0.1, 0.15) is 31.0 Å². The highest BCUT2D eigenvalue weighted by Gasteiger charge is 2.44. The number of aliphatic hydroxyl groups excluding tert-OH is 4. The van der Waals surface area contributed by atoms with Crippen LogP contribution < -0.4 is 0 Å². The van der Waals surface area contributed by atoms with Crippen molar-refractivity contribution >= 4 is 11.9 Å². The van der Waals surface area contributed by atoms with Gasteiger partial charge in [0, 0.05) is 12.8 Å². The molecule has 1 aliphatic rings. The summed E-state index contributed by atoms with van der Waals surface area (Å²) < 4.78 is 22.1.